The Bertz CT molecular complexity index is 363. The zero-order valence-electron chi connectivity index (χ0n) is 9.17. The minimum Gasteiger partial charge on any atom is -0.370 e. The molecule has 2 heterocycles. The van der Waals surface area contributed by atoms with Crippen molar-refractivity contribution in [2.75, 3.05) is 13.2 Å². The number of hydrogen-bond donors (Lipinski definition) is 1. The van der Waals surface area contributed by atoms with E-state index in [1.165, 1.54) is 31.2 Å². The number of thiophene rings is 1. The molecule has 2 nitrogen and oxygen atoms in total. The van der Waals surface area contributed by atoms with Crippen molar-refractivity contribution < 1.29 is 4.74 Å². The standard InChI is InChI=1S/C12H16ClNOS/c13-11-5-9(7-16-11)10-6-14-12(8-15-10)3-1-2-4-12/h5,7,10,14H,1-4,6,8H2. The van der Waals surface area contributed by atoms with Crippen molar-refractivity contribution in [2.24, 2.45) is 0 Å². The third-order valence-corrected chi connectivity index (χ3v) is 4.85. The first-order valence-corrected chi connectivity index (χ1v) is 7.14. The fraction of sp³-hybridized carbons (Fsp3) is 0.667. The van der Waals surface area contributed by atoms with Gasteiger partial charge in [0.1, 0.15) is 0 Å². The fourth-order valence-corrected chi connectivity index (χ4v) is 3.69. The molecule has 1 saturated heterocycles. The van der Waals surface area contributed by atoms with Crippen LogP contribution in [0.1, 0.15) is 37.4 Å². The van der Waals surface area contributed by atoms with Crippen LogP contribution in [0.25, 0.3) is 0 Å². The molecule has 0 bridgehead atoms. The van der Waals surface area contributed by atoms with Crippen molar-refractivity contribution in [2.45, 2.75) is 37.3 Å². The third-order valence-electron chi connectivity index (χ3n) is 3.74. The zero-order chi connectivity index (χ0) is 11.0. The highest BCUT2D eigenvalue weighted by molar-refractivity contribution is 7.14. The predicted octanol–water partition coefficient (Wildman–Crippen LogP) is 3.38. The van der Waals surface area contributed by atoms with E-state index in [2.05, 4.69) is 10.7 Å². The minimum atomic E-state index is 0.190. The van der Waals surface area contributed by atoms with Crippen molar-refractivity contribution in [3.05, 3.63) is 21.3 Å². The lowest BCUT2D eigenvalue weighted by atomic mass is 9.96. The van der Waals surface area contributed by atoms with E-state index in [0.717, 1.165) is 17.5 Å². The molecule has 1 saturated carbocycles. The van der Waals surface area contributed by atoms with E-state index in [0.29, 0.717) is 0 Å². The van der Waals surface area contributed by atoms with Crippen LogP contribution >= 0.6 is 22.9 Å². The monoisotopic (exact) mass is 257 g/mol. The average Bonchev–Trinajstić information content (AvgIpc) is 2.90. The Morgan fingerprint density at radius 1 is 1.44 bits per heavy atom. The number of nitrogens with one attached hydrogen (secondary N) is 1. The summed E-state index contributed by atoms with van der Waals surface area (Å²) in [6.45, 7) is 1.78. The van der Waals surface area contributed by atoms with Crippen LogP contribution in [0.3, 0.4) is 0 Å². The van der Waals surface area contributed by atoms with E-state index in [4.69, 9.17) is 16.3 Å². The molecule has 88 valence electrons. The van der Waals surface area contributed by atoms with Crippen LogP contribution in [0.4, 0.5) is 0 Å². The second-order valence-corrected chi connectivity index (χ2v) is 6.39. The molecule has 2 fully saturated rings. The molecule has 1 aromatic rings. The van der Waals surface area contributed by atoms with Gasteiger partial charge in [0.25, 0.3) is 0 Å². The Labute approximate surface area is 105 Å². The SMILES string of the molecule is Clc1cc(C2CNC3(CCCC3)CO2)cs1. The van der Waals surface area contributed by atoms with Crippen molar-refractivity contribution in [1.29, 1.82) is 0 Å². The molecule has 1 aliphatic carbocycles. The largest absolute Gasteiger partial charge is 0.370 e. The van der Waals surface area contributed by atoms with Crippen LogP contribution in [0.5, 0.6) is 0 Å². The number of halogens is 1. The molecule has 1 unspecified atom stereocenters. The summed E-state index contributed by atoms with van der Waals surface area (Å²) in [5, 5.41) is 5.79. The topological polar surface area (TPSA) is 21.3 Å². The first-order chi connectivity index (χ1) is 7.77. The van der Waals surface area contributed by atoms with Gasteiger partial charge in [-0.05, 0) is 29.9 Å². The van der Waals surface area contributed by atoms with Crippen molar-refractivity contribution >= 4 is 22.9 Å². The smallest absolute Gasteiger partial charge is 0.0958 e. The van der Waals surface area contributed by atoms with E-state index < -0.39 is 0 Å². The van der Waals surface area contributed by atoms with Crippen molar-refractivity contribution in [3.63, 3.8) is 0 Å². The van der Waals surface area contributed by atoms with E-state index in [-0.39, 0.29) is 11.6 Å². The highest BCUT2D eigenvalue weighted by Gasteiger charge is 2.38. The maximum atomic E-state index is 6.00. The van der Waals surface area contributed by atoms with E-state index in [1.807, 2.05) is 6.07 Å². The maximum absolute atomic E-state index is 6.00. The van der Waals surface area contributed by atoms with Crippen LogP contribution in [-0.2, 0) is 4.74 Å². The van der Waals surface area contributed by atoms with Crippen LogP contribution in [0.2, 0.25) is 4.34 Å². The summed E-state index contributed by atoms with van der Waals surface area (Å²) in [7, 11) is 0. The summed E-state index contributed by atoms with van der Waals surface area (Å²) in [6, 6.07) is 2.02. The number of morpholine rings is 1. The van der Waals surface area contributed by atoms with Gasteiger partial charge in [-0.3, -0.25) is 0 Å². The predicted molar refractivity (Wildman–Crippen MR) is 67.2 cm³/mol. The van der Waals surface area contributed by atoms with Crippen LogP contribution < -0.4 is 5.32 Å². The van der Waals surface area contributed by atoms with Gasteiger partial charge in [0.2, 0.25) is 0 Å². The molecule has 0 amide bonds. The number of hydrogen-bond acceptors (Lipinski definition) is 3. The molecule has 1 N–H and O–H groups in total. The lowest BCUT2D eigenvalue weighted by Gasteiger charge is -2.38. The first-order valence-electron chi connectivity index (χ1n) is 5.88. The van der Waals surface area contributed by atoms with Gasteiger partial charge in [0.15, 0.2) is 0 Å². The van der Waals surface area contributed by atoms with E-state index in [9.17, 15) is 0 Å². The summed E-state index contributed by atoms with van der Waals surface area (Å²) in [5.74, 6) is 0. The number of rotatable bonds is 1. The Kier molecular flexibility index (Phi) is 2.96. The quantitative estimate of drug-likeness (QED) is 0.833. The van der Waals surface area contributed by atoms with Crippen LogP contribution in [0.15, 0.2) is 11.4 Å². The lowest BCUT2D eigenvalue weighted by molar-refractivity contribution is -0.0324. The average molecular weight is 258 g/mol. The molecule has 3 rings (SSSR count). The molecule has 0 aromatic carbocycles. The molecule has 16 heavy (non-hydrogen) atoms. The highest BCUT2D eigenvalue weighted by Crippen LogP contribution is 2.36. The van der Waals surface area contributed by atoms with Gasteiger partial charge in [-0.2, -0.15) is 0 Å². The maximum Gasteiger partial charge on any atom is 0.0958 e. The van der Waals surface area contributed by atoms with Gasteiger partial charge < -0.3 is 10.1 Å². The van der Waals surface area contributed by atoms with Gasteiger partial charge in [0, 0.05) is 12.1 Å². The Hall–Kier alpha value is -0.0900. The molecular formula is C12H16ClNOS. The molecule has 1 spiro atoms. The van der Waals surface area contributed by atoms with E-state index >= 15 is 0 Å². The minimum absolute atomic E-state index is 0.190. The number of ether oxygens (including phenoxy) is 1. The van der Waals surface area contributed by atoms with Crippen molar-refractivity contribution in [3.8, 4) is 0 Å². The lowest BCUT2D eigenvalue weighted by Crippen LogP contribution is -2.53. The van der Waals surface area contributed by atoms with Crippen LogP contribution in [0, 0.1) is 0 Å². The summed E-state index contributed by atoms with van der Waals surface area (Å²) < 4.78 is 6.85. The molecule has 4 heteroatoms. The zero-order valence-corrected chi connectivity index (χ0v) is 10.7. The summed E-state index contributed by atoms with van der Waals surface area (Å²) >= 11 is 7.52. The van der Waals surface area contributed by atoms with Gasteiger partial charge in [0.05, 0.1) is 17.0 Å². The van der Waals surface area contributed by atoms with Gasteiger partial charge in [-0.25, -0.2) is 0 Å². The molecule has 1 aliphatic heterocycles. The Balaban J connectivity index is 1.66. The van der Waals surface area contributed by atoms with Gasteiger partial charge >= 0.3 is 0 Å². The fourth-order valence-electron chi connectivity index (χ4n) is 2.76. The normalized spacial score (nSPS) is 28.7. The highest BCUT2D eigenvalue weighted by atomic mass is 35.5. The van der Waals surface area contributed by atoms with Gasteiger partial charge in [-0.15, -0.1) is 11.3 Å². The molecule has 1 atom stereocenters. The summed E-state index contributed by atoms with van der Waals surface area (Å²) in [5.41, 5.74) is 1.51. The molecule has 0 radical (unpaired) electrons. The Morgan fingerprint density at radius 2 is 2.25 bits per heavy atom. The third kappa shape index (κ3) is 2.02. The molecular weight excluding hydrogens is 242 g/mol. The molecule has 2 aliphatic rings. The van der Waals surface area contributed by atoms with Crippen molar-refractivity contribution in [1.82, 2.24) is 5.32 Å². The second kappa shape index (κ2) is 4.30. The molecule has 1 aromatic heterocycles. The first kappa shape index (κ1) is 11.0. The van der Waals surface area contributed by atoms with E-state index in [1.54, 1.807) is 11.3 Å². The summed E-state index contributed by atoms with van der Waals surface area (Å²) in [6.07, 6.45) is 5.40. The van der Waals surface area contributed by atoms with Crippen LogP contribution in [-0.4, -0.2) is 18.7 Å². The second-order valence-electron chi connectivity index (χ2n) is 4.85. The Morgan fingerprint density at radius 3 is 2.81 bits per heavy atom. The summed E-state index contributed by atoms with van der Waals surface area (Å²) in [4.78, 5) is 0. The van der Waals surface area contributed by atoms with Gasteiger partial charge in [-0.1, -0.05) is 24.4 Å².